The van der Waals surface area contributed by atoms with Crippen molar-refractivity contribution in [3.05, 3.63) is 64.4 Å². The first-order chi connectivity index (χ1) is 12.7. The van der Waals surface area contributed by atoms with E-state index in [1.165, 1.54) is 56.2 Å². The van der Waals surface area contributed by atoms with Crippen LogP contribution in [-0.2, 0) is 13.2 Å². The Bertz CT molecular complexity index is 662. The molecule has 142 valence electrons. The molecule has 26 heavy (non-hydrogen) atoms. The summed E-state index contributed by atoms with van der Waals surface area (Å²) in [6.07, 6.45) is 7.86. The lowest BCUT2D eigenvalue weighted by Crippen LogP contribution is -2.14. The van der Waals surface area contributed by atoms with E-state index in [0.717, 1.165) is 24.4 Å². The second-order valence-electron chi connectivity index (χ2n) is 6.62. The van der Waals surface area contributed by atoms with Gasteiger partial charge in [0.25, 0.3) is 0 Å². The summed E-state index contributed by atoms with van der Waals surface area (Å²) < 4.78 is 18.9. The van der Waals surface area contributed by atoms with Crippen LogP contribution >= 0.6 is 11.6 Å². The lowest BCUT2D eigenvalue weighted by molar-refractivity contribution is 0.306. The highest BCUT2D eigenvalue weighted by atomic mass is 35.5. The van der Waals surface area contributed by atoms with E-state index in [4.69, 9.17) is 16.3 Å². The molecule has 0 atom stereocenters. The molecule has 4 heteroatoms. The van der Waals surface area contributed by atoms with Gasteiger partial charge in [-0.3, -0.25) is 0 Å². The molecule has 1 N–H and O–H groups in total. The predicted molar refractivity (Wildman–Crippen MR) is 107 cm³/mol. The Balaban J connectivity index is 1.70. The van der Waals surface area contributed by atoms with Gasteiger partial charge < -0.3 is 10.1 Å². The van der Waals surface area contributed by atoms with Gasteiger partial charge in [-0.05, 0) is 42.8 Å². The Morgan fingerprint density at radius 2 is 1.81 bits per heavy atom. The zero-order valence-corrected chi connectivity index (χ0v) is 16.3. The molecule has 2 aromatic rings. The van der Waals surface area contributed by atoms with Gasteiger partial charge in [0, 0.05) is 12.1 Å². The Labute approximate surface area is 161 Å². The minimum Gasteiger partial charge on any atom is -0.489 e. The maximum atomic E-state index is 13.1. The number of hydrogen-bond donors (Lipinski definition) is 1. The van der Waals surface area contributed by atoms with Crippen molar-refractivity contribution in [3.8, 4) is 5.75 Å². The van der Waals surface area contributed by atoms with Crippen LogP contribution in [0, 0.1) is 5.82 Å². The van der Waals surface area contributed by atoms with Crippen LogP contribution in [0.25, 0.3) is 0 Å². The van der Waals surface area contributed by atoms with Crippen molar-refractivity contribution in [3.63, 3.8) is 0 Å². The molecule has 0 unspecified atom stereocenters. The Kier molecular flexibility index (Phi) is 9.51. The van der Waals surface area contributed by atoms with Gasteiger partial charge >= 0.3 is 0 Å². The zero-order chi connectivity index (χ0) is 18.6. The van der Waals surface area contributed by atoms with E-state index < -0.39 is 0 Å². The fourth-order valence-electron chi connectivity index (χ4n) is 2.81. The summed E-state index contributed by atoms with van der Waals surface area (Å²) >= 11 is 6.04. The third-order valence-corrected chi connectivity index (χ3v) is 4.70. The van der Waals surface area contributed by atoms with Crippen LogP contribution in [0.5, 0.6) is 5.75 Å². The van der Waals surface area contributed by atoms with E-state index in [1.807, 2.05) is 18.2 Å². The van der Waals surface area contributed by atoms with Crippen molar-refractivity contribution in [2.24, 2.45) is 0 Å². The lowest BCUT2D eigenvalue weighted by Gasteiger charge is -2.10. The lowest BCUT2D eigenvalue weighted by atomic mass is 10.1. The second-order valence-corrected chi connectivity index (χ2v) is 7.02. The van der Waals surface area contributed by atoms with Crippen LogP contribution in [0.15, 0.2) is 42.5 Å². The van der Waals surface area contributed by atoms with E-state index in [9.17, 15) is 4.39 Å². The second kappa shape index (κ2) is 11.9. The van der Waals surface area contributed by atoms with Gasteiger partial charge in [-0.15, -0.1) is 0 Å². The number of ether oxygens (including phenoxy) is 1. The van der Waals surface area contributed by atoms with Crippen LogP contribution in [-0.4, -0.2) is 6.54 Å². The fraction of sp³-hybridized carbons (Fsp3) is 0.455. The molecule has 0 aromatic heterocycles. The highest BCUT2D eigenvalue weighted by Crippen LogP contribution is 2.20. The number of hydrogen-bond acceptors (Lipinski definition) is 2. The van der Waals surface area contributed by atoms with E-state index >= 15 is 0 Å². The average molecular weight is 378 g/mol. The van der Waals surface area contributed by atoms with Gasteiger partial charge in [0.2, 0.25) is 0 Å². The largest absolute Gasteiger partial charge is 0.489 e. The molecule has 0 bridgehead atoms. The summed E-state index contributed by atoms with van der Waals surface area (Å²) in [5, 5.41) is 3.88. The first kappa shape index (κ1) is 20.7. The monoisotopic (exact) mass is 377 g/mol. The van der Waals surface area contributed by atoms with Crippen LogP contribution in [0.4, 0.5) is 4.39 Å². The Morgan fingerprint density at radius 1 is 1.00 bits per heavy atom. The van der Waals surface area contributed by atoms with Crippen molar-refractivity contribution in [2.75, 3.05) is 6.54 Å². The van der Waals surface area contributed by atoms with E-state index in [-0.39, 0.29) is 5.82 Å². The molecule has 0 saturated carbocycles. The van der Waals surface area contributed by atoms with Crippen molar-refractivity contribution in [2.45, 2.75) is 58.6 Å². The molecule has 0 saturated heterocycles. The molecule has 0 aliphatic rings. The predicted octanol–water partition coefficient (Wildman–Crippen LogP) is 6.51. The summed E-state index contributed by atoms with van der Waals surface area (Å²) in [5.41, 5.74) is 1.97. The molecular weight excluding hydrogens is 349 g/mol. The summed E-state index contributed by atoms with van der Waals surface area (Å²) in [7, 11) is 0. The smallest absolute Gasteiger partial charge is 0.124 e. The van der Waals surface area contributed by atoms with Gasteiger partial charge in [0.1, 0.15) is 18.2 Å². The molecule has 0 spiro atoms. The summed E-state index contributed by atoms with van der Waals surface area (Å²) in [6.45, 7) is 4.45. The SMILES string of the molecule is CCCCCCCCNCc1cccc(OCc2ccc(F)cc2Cl)c1. The first-order valence-corrected chi connectivity index (χ1v) is 9.93. The van der Waals surface area contributed by atoms with Crippen molar-refractivity contribution in [1.82, 2.24) is 5.32 Å². The van der Waals surface area contributed by atoms with Crippen LogP contribution in [0.3, 0.4) is 0 Å². The molecule has 0 radical (unpaired) electrons. The van der Waals surface area contributed by atoms with Gasteiger partial charge in [0.15, 0.2) is 0 Å². The molecule has 2 nitrogen and oxygen atoms in total. The maximum Gasteiger partial charge on any atom is 0.124 e. The Hall–Kier alpha value is -1.58. The van der Waals surface area contributed by atoms with Crippen molar-refractivity contribution in [1.29, 1.82) is 0 Å². The van der Waals surface area contributed by atoms with Gasteiger partial charge in [-0.25, -0.2) is 4.39 Å². The summed E-state index contributed by atoms with van der Waals surface area (Å²) in [4.78, 5) is 0. The van der Waals surface area contributed by atoms with Gasteiger partial charge in [-0.1, -0.05) is 68.8 Å². The number of halogens is 2. The third kappa shape index (κ3) is 7.76. The molecule has 2 aromatic carbocycles. The molecule has 0 amide bonds. The van der Waals surface area contributed by atoms with Gasteiger partial charge in [0.05, 0.1) is 5.02 Å². The molecular formula is C22H29ClFNO. The van der Waals surface area contributed by atoms with Gasteiger partial charge in [-0.2, -0.15) is 0 Å². The zero-order valence-electron chi connectivity index (χ0n) is 15.6. The average Bonchev–Trinajstić information content (AvgIpc) is 2.63. The molecule has 2 rings (SSSR count). The quantitative estimate of drug-likeness (QED) is 0.426. The van der Waals surface area contributed by atoms with Crippen LogP contribution in [0.1, 0.15) is 56.6 Å². The summed E-state index contributed by atoms with van der Waals surface area (Å²) in [5.74, 6) is 0.460. The topological polar surface area (TPSA) is 21.3 Å². The summed E-state index contributed by atoms with van der Waals surface area (Å²) in [6, 6.07) is 12.4. The van der Waals surface area contributed by atoms with Crippen LogP contribution in [0.2, 0.25) is 5.02 Å². The maximum absolute atomic E-state index is 13.1. The highest BCUT2D eigenvalue weighted by Gasteiger charge is 2.04. The number of nitrogens with one attached hydrogen (secondary N) is 1. The molecule has 0 aliphatic carbocycles. The normalized spacial score (nSPS) is 10.9. The Morgan fingerprint density at radius 3 is 2.62 bits per heavy atom. The number of unbranched alkanes of at least 4 members (excludes halogenated alkanes) is 5. The third-order valence-electron chi connectivity index (χ3n) is 4.34. The molecule has 0 heterocycles. The van der Waals surface area contributed by atoms with Crippen molar-refractivity contribution >= 4 is 11.6 Å². The highest BCUT2D eigenvalue weighted by molar-refractivity contribution is 6.31. The standard InChI is InChI=1S/C22H29ClFNO/c1-2-3-4-5-6-7-13-25-16-18-9-8-10-21(14-18)26-17-19-11-12-20(24)15-22(19)23/h8-12,14-15,25H,2-7,13,16-17H2,1H3. The van der Waals surface area contributed by atoms with E-state index in [2.05, 4.69) is 18.3 Å². The minimum atomic E-state index is -0.336. The molecule has 0 fully saturated rings. The van der Waals surface area contributed by atoms with E-state index in [0.29, 0.717) is 11.6 Å². The first-order valence-electron chi connectivity index (χ1n) is 9.55. The van der Waals surface area contributed by atoms with E-state index in [1.54, 1.807) is 6.07 Å². The number of rotatable bonds is 12. The van der Waals surface area contributed by atoms with Crippen molar-refractivity contribution < 1.29 is 9.13 Å². The molecule has 0 aliphatic heterocycles. The fourth-order valence-corrected chi connectivity index (χ4v) is 3.03. The minimum absolute atomic E-state index is 0.327. The van der Waals surface area contributed by atoms with Crippen LogP contribution < -0.4 is 10.1 Å². The number of benzene rings is 2.